The molecular weight excluding hydrogens is 362 g/mol. The van der Waals surface area contributed by atoms with Crippen molar-refractivity contribution in [1.29, 1.82) is 0 Å². The molecule has 2 atom stereocenters. The molecule has 3 aliphatic heterocycles. The Labute approximate surface area is 170 Å². The van der Waals surface area contributed by atoms with Crippen molar-refractivity contribution in [3.63, 3.8) is 0 Å². The van der Waals surface area contributed by atoms with Gasteiger partial charge in [-0.25, -0.2) is 9.98 Å². The van der Waals surface area contributed by atoms with Crippen LogP contribution in [0.4, 0.5) is 0 Å². The zero-order valence-corrected chi connectivity index (χ0v) is 16.1. The summed E-state index contributed by atoms with van der Waals surface area (Å²) in [5.74, 6) is 1.39. The van der Waals surface area contributed by atoms with Gasteiger partial charge in [0.05, 0.1) is 0 Å². The van der Waals surface area contributed by atoms with Gasteiger partial charge < -0.3 is 14.8 Å². The molecular formula is C24H23N3O2. The second kappa shape index (κ2) is 7.95. The lowest BCUT2D eigenvalue weighted by Gasteiger charge is -2.03. The van der Waals surface area contributed by atoms with Crippen LogP contribution in [0.2, 0.25) is 0 Å². The number of rotatable bonds is 4. The Morgan fingerprint density at radius 1 is 0.690 bits per heavy atom. The van der Waals surface area contributed by atoms with E-state index in [9.17, 15) is 0 Å². The lowest BCUT2D eigenvalue weighted by Crippen LogP contribution is -2.07. The lowest BCUT2D eigenvalue weighted by atomic mass is 10.1. The van der Waals surface area contributed by atoms with Crippen LogP contribution in [0.1, 0.15) is 36.1 Å². The fourth-order valence-corrected chi connectivity index (χ4v) is 3.75. The Morgan fingerprint density at radius 2 is 1.14 bits per heavy atom. The van der Waals surface area contributed by atoms with E-state index in [1.165, 1.54) is 11.1 Å². The minimum absolute atomic E-state index is 0.0793. The predicted molar refractivity (Wildman–Crippen MR) is 114 cm³/mol. The van der Waals surface area contributed by atoms with Crippen LogP contribution in [0.25, 0.3) is 0 Å². The highest BCUT2D eigenvalue weighted by atomic mass is 16.5. The standard InChI is InChI=1S/C24H23N3O2/c1-3-7-17(8-4-1)21-15-28-23(26-21)13-19-11-12-20(25-19)14-24-27-22(16-29-24)18-9-5-2-6-10-18/h1-10,13-14,21-22,25H,11-12,15-16H2/b19-13-,20-14-/t21-,22-/m0/s1. The molecule has 146 valence electrons. The molecule has 2 aromatic rings. The van der Waals surface area contributed by atoms with Gasteiger partial charge in [-0.05, 0) is 24.0 Å². The molecule has 0 aliphatic carbocycles. The third kappa shape index (κ3) is 4.09. The molecule has 3 aliphatic rings. The van der Waals surface area contributed by atoms with Crippen LogP contribution in [0.15, 0.2) is 94.2 Å². The van der Waals surface area contributed by atoms with Gasteiger partial charge in [0.1, 0.15) is 25.3 Å². The quantitative estimate of drug-likeness (QED) is 0.844. The molecule has 0 unspecified atom stereocenters. The molecule has 5 heteroatoms. The van der Waals surface area contributed by atoms with Crippen molar-refractivity contribution in [2.24, 2.45) is 9.98 Å². The summed E-state index contributed by atoms with van der Waals surface area (Å²) in [6.07, 6.45) is 5.88. The summed E-state index contributed by atoms with van der Waals surface area (Å²) in [6, 6.07) is 20.7. The van der Waals surface area contributed by atoms with E-state index in [0.717, 1.165) is 24.2 Å². The van der Waals surface area contributed by atoms with Crippen LogP contribution in [0.5, 0.6) is 0 Å². The fourth-order valence-electron chi connectivity index (χ4n) is 3.75. The van der Waals surface area contributed by atoms with Gasteiger partial charge in [0, 0.05) is 23.5 Å². The van der Waals surface area contributed by atoms with Gasteiger partial charge >= 0.3 is 0 Å². The summed E-state index contributed by atoms with van der Waals surface area (Å²) < 4.78 is 11.6. The van der Waals surface area contributed by atoms with Crippen LogP contribution in [0.3, 0.4) is 0 Å². The van der Waals surface area contributed by atoms with Crippen molar-refractivity contribution in [3.05, 3.63) is 95.3 Å². The van der Waals surface area contributed by atoms with E-state index >= 15 is 0 Å². The summed E-state index contributed by atoms with van der Waals surface area (Å²) in [4.78, 5) is 9.41. The molecule has 1 saturated heterocycles. The van der Waals surface area contributed by atoms with Crippen LogP contribution < -0.4 is 5.32 Å². The molecule has 29 heavy (non-hydrogen) atoms. The summed E-state index contributed by atoms with van der Waals surface area (Å²) in [5.41, 5.74) is 4.60. The first-order chi connectivity index (χ1) is 14.3. The van der Waals surface area contributed by atoms with Gasteiger partial charge in [-0.1, -0.05) is 60.7 Å². The minimum Gasteiger partial charge on any atom is -0.475 e. The predicted octanol–water partition coefficient (Wildman–Crippen LogP) is 4.48. The molecule has 3 heterocycles. The maximum absolute atomic E-state index is 5.78. The number of allylic oxidation sites excluding steroid dienone is 2. The van der Waals surface area contributed by atoms with Gasteiger partial charge in [0.25, 0.3) is 0 Å². The van der Waals surface area contributed by atoms with E-state index in [2.05, 4.69) is 29.6 Å². The molecule has 0 spiro atoms. The van der Waals surface area contributed by atoms with E-state index in [-0.39, 0.29) is 12.1 Å². The molecule has 0 aromatic heterocycles. The molecule has 1 N–H and O–H groups in total. The molecule has 2 aromatic carbocycles. The first-order valence-electron chi connectivity index (χ1n) is 10.0. The number of hydrogen-bond acceptors (Lipinski definition) is 5. The van der Waals surface area contributed by atoms with Crippen molar-refractivity contribution in [1.82, 2.24) is 5.32 Å². The van der Waals surface area contributed by atoms with Crippen molar-refractivity contribution >= 4 is 11.8 Å². The van der Waals surface area contributed by atoms with Crippen LogP contribution >= 0.6 is 0 Å². The van der Waals surface area contributed by atoms with Crippen LogP contribution in [-0.4, -0.2) is 25.0 Å². The Kier molecular flexibility index (Phi) is 4.87. The van der Waals surface area contributed by atoms with Crippen LogP contribution in [0, 0.1) is 0 Å². The highest BCUT2D eigenvalue weighted by Gasteiger charge is 2.23. The molecule has 0 saturated carbocycles. The van der Waals surface area contributed by atoms with E-state index in [1.807, 2.05) is 48.6 Å². The van der Waals surface area contributed by atoms with E-state index in [1.54, 1.807) is 0 Å². The maximum Gasteiger partial charge on any atom is 0.211 e. The topological polar surface area (TPSA) is 55.2 Å². The largest absolute Gasteiger partial charge is 0.475 e. The Balaban J connectivity index is 1.24. The van der Waals surface area contributed by atoms with Gasteiger partial charge in [0.2, 0.25) is 11.8 Å². The zero-order chi connectivity index (χ0) is 19.5. The zero-order valence-electron chi connectivity index (χ0n) is 16.1. The van der Waals surface area contributed by atoms with Gasteiger partial charge in [-0.2, -0.15) is 0 Å². The maximum atomic E-state index is 5.78. The molecule has 1 fully saturated rings. The second-order valence-corrected chi connectivity index (χ2v) is 7.37. The molecule has 5 nitrogen and oxygen atoms in total. The first-order valence-corrected chi connectivity index (χ1v) is 10.0. The number of hydrogen-bond donors (Lipinski definition) is 1. The van der Waals surface area contributed by atoms with Crippen molar-refractivity contribution in [3.8, 4) is 0 Å². The normalized spacial score (nSPS) is 26.1. The highest BCUT2D eigenvalue weighted by Crippen LogP contribution is 2.27. The molecule has 0 bridgehead atoms. The molecule has 0 radical (unpaired) electrons. The summed E-state index contributed by atoms with van der Waals surface area (Å²) in [7, 11) is 0. The smallest absolute Gasteiger partial charge is 0.211 e. The number of ether oxygens (including phenoxy) is 2. The van der Waals surface area contributed by atoms with E-state index in [0.29, 0.717) is 25.0 Å². The third-order valence-electron chi connectivity index (χ3n) is 5.29. The van der Waals surface area contributed by atoms with E-state index in [4.69, 9.17) is 19.5 Å². The van der Waals surface area contributed by atoms with Crippen molar-refractivity contribution in [2.45, 2.75) is 24.9 Å². The SMILES string of the molecule is C(/C1=N[C@H](c2ccccc2)CO1)=C1\CC/C(=C/C2=N[C@H](c3ccccc3)CO2)N1. The summed E-state index contributed by atoms with van der Waals surface area (Å²) in [5, 5.41) is 3.45. The number of nitrogens with zero attached hydrogens (tertiary/aromatic N) is 2. The summed E-state index contributed by atoms with van der Waals surface area (Å²) >= 11 is 0. The Hall–Kier alpha value is -3.34. The third-order valence-corrected chi connectivity index (χ3v) is 5.29. The fraction of sp³-hybridized carbons (Fsp3) is 0.250. The average Bonchev–Trinajstić information content (AvgIpc) is 3.52. The van der Waals surface area contributed by atoms with E-state index < -0.39 is 0 Å². The average molecular weight is 385 g/mol. The monoisotopic (exact) mass is 385 g/mol. The number of nitrogens with one attached hydrogen (secondary N) is 1. The highest BCUT2D eigenvalue weighted by molar-refractivity contribution is 5.91. The van der Waals surface area contributed by atoms with Gasteiger partial charge in [-0.3, -0.25) is 0 Å². The van der Waals surface area contributed by atoms with Crippen molar-refractivity contribution in [2.75, 3.05) is 13.2 Å². The second-order valence-electron chi connectivity index (χ2n) is 7.37. The molecule has 0 amide bonds. The Bertz CT molecular complexity index is 912. The van der Waals surface area contributed by atoms with Gasteiger partial charge in [-0.15, -0.1) is 0 Å². The van der Waals surface area contributed by atoms with Crippen molar-refractivity contribution < 1.29 is 9.47 Å². The first kappa shape index (κ1) is 17.7. The Morgan fingerprint density at radius 3 is 1.59 bits per heavy atom. The number of benzene rings is 2. The number of aliphatic imine (C=N–C) groups is 2. The van der Waals surface area contributed by atoms with Crippen LogP contribution in [-0.2, 0) is 9.47 Å². The minimum atomic E-state index is 0.0793. The lowest BCUT2D eigenvalue weighted by molar-refractivity contribution is 0.320. The van der Waals surface area contributed by atoms with Gasteiger partial charge in [0.15, 0.2) is 0 Å². The summed E-state index contributed by atoms with van der Waals surface area (Å²) in [6.45, 7) is 1.19. The molecule has 5 rings (SSSR count).